The van der Waals surface area contributed by atoms with Crippen LogP contribution in [-0.2, 0) is 6.18 Å². The lowest BCUT2D eigenvalue weighted by atomic mass is 10.0. The number of hydrogen-bond acceptors (Lipinski definition) is 4. The summed E-state index contributed by atoms with van der Waals surface area (Å²) in [6.45, 7) is 1.11. The first-order valence-corrected chi connectivity index (χ1v) is 8.49. The van der Waals surface area contributed by atoms with Gasteiger partial charge in [-0.05, 0) is 42.8 Å². The average Bonchev–Trinajstić information content (AvgIpc) is 3.07. The topological polar surface area (TPSA) is 80.0 Å². The van der Waals surface area contributed by atoms with E-state index in [0.29, 0.717) is 11.4 Å². The van der Waals surface area contributed by atoms with Crippen molar-refractivity contribution in [1.29, 1.82) is 0 Å². The lowest BCUT2D eigenvalue weighted by molar-refractivity contribution is -0.139. The van der Waals surface area contributed by atoms with Crippen LogP contribution in [0.25, 0.3) is 5.69 Å². The third kappa shape index (κ3) is 4.43. The lowest BCUT2D eigenvalue weighted by Crippen LogP contribution is -2.30. The summed E-state index contributed by atoms with van der Waals surface area (Å²) in [6, 6.07) is 9.96. The minimum Gasteiger partial charge on any atom is -0.387 e. The smallest absolute Gasteiger partial charge is 0.387 e. The molecule has 0 saturated heterocycles. The van der Waals surface area contributed by atoms with Gasteiger partial charge in [-0.15, -0.1) is 5.10 Å². The number of rotatable bonds is 5. The monoisotopic (exact) mass is 408 g/mol. The Bertz CT molecular complexity index is 1020. The van der Waals surface area contributed by atoms with Crippen LogP contribution in [0.1, 0.15) is 33.4 Å². The van der Waals surface area contributed by atoms with Crippen LogP contribution < -0.4 is 5.32 Å². The van der Waals surface area contributed by atoms with Crippen molar-refractivity contribution >= 4 is 5.91 Å². The third-order valence-corrected chi connectivity index (χ3v) is 4.26. The molecule has 0 bridgehead atoms. The van der Waals surface area contributed by atoms with Gasteiger partial charge in [0.1, 0.15) is 5.82 Å². The summed E-state index contributed by atoms with van der Waals surface area (Å²) < 4.78 is 53.6. The number of benzene rings is 2. The molecule has 0 radical (unpaired) electrons. The van der Waals surface area contributed by atoms with Gasteiger partial charge in [-0.1, -0.05) is 23.4 Å². The average molecular weight is 408 g/mol. The van der Waals surface area contributed by atoms with E-state index in [-0.39, 0.29) is 11.3 Å². The van der Waals surface area contributed by atoms with Crippen LogP contribution in [0.4, 0.5) is 17.6 Å². The van der Waals surface area contributed by atoms with Crippen molar-refractivity contribution in [3.05, 3.63) is 76.9 Å². The quantitative estimate of drug-likeness (QED) is 0.636. The normalized spacial score (nSPS) is 12.6. The molecule has 1 heterocycles. The second-order valence-corrected chi connectivity index (χ2v) is 6.22. The standard InChI is InChI=1S/C19H16F4N4O2/c1-11-17(25-26-27(11)13-8-6-12(20)7-9-13)18(29)24-10-16(28)14-4-2-3-5-15(14)19(21,22)23/h2-9,16,28H,10H2,1H3,(H,24,29). The number of aliphatic hydroxyl groups excluding tert-OH is 1. The zero-order valence-corrected chi connectivity index (χ0v) is 15.1. The predicted octanol–water partition coefficient (Wildman–Crippen LogP) is 3.20. The number of halogens is 4. The molecule has 0 fully saturated rings. The molecule has 3 rings (SSSR count). The molecule has 1 atom stereocenters. The van der Waals surface area contributed by atoms with E-state index in [4.69, 9.17) is 0 Å². The molecule has 2 aromatic carbocycles. The summed E-state index contributed by atoms with van der Waals surface area (Å²) in [5.74, 6) is -1.14. The number of carbonyl (C=O) groups excluding carboxylic acids is 1. The second kappa shape index (κ2) is 8.00. The second-order valence-electron chi connectivity index (χ2n) is 6.22. The van der Waals surface area contributed by atoms with Crippen LogP contribution in [0.15, 0.2) is 48.5 Å². The van der Waals surface area contributed by atoms with E-state index in [1.165, 1.54) is 41.1 Å². The van der Waals surface area contributed by atoms with E-state index in [1.807, 2.05) is 0 Å². The van der Waals surface area contributed by atoms with Crippen LogP contribution in [-0.4, -0.2) is 32.6 Å². The molecule has 1 amide bonds. The summed E-state index contributed by atoms with van der Waals surface area (Å²) in [5, 5.41) is 20.1. The lowest BCUT2D eigenvalue weighted by Gasteiger charge is -2.17. The van der Waals surface area contributed by atoms with Gasteiger partial charge in [0.25, 0.3) is 5.91 Å². The number of aliphatic hydroxyl groups is 1. The number of hydrogen-bond donors (Lipinski definition) is 2. The molecule has 3 aromatic rings. The number of aromatic nitrogens is 3. The van der Waals surface area contributed by atoms with Crippen molar-refractivity contribution in [3.8, 4) is 5.69 Å². The number of amides is 1. The van der Waals surface area contributed by atoms with Crippen molar-refractivity contribution in [2.75, 3.05) is 6.54 Å². The molecule has 2 N–H and O–H groups in total. The molecule has 0 spiro atoms. The largest absolute Gasteiger partial charge is 0.416 e. The highest BCUT2D eigenvalue weighted by molar-refractivity contribution is 5.93. The van der Waals surface area contributed by atoms with Gasteiger partial charge >= 0.3 is 6.18 Å². The Morgan fingerprint density at radius 3 is 2.48 bits per heavy atom. The Morgan fingerprint density at radius 1 is 1.17 bits per heavy atom. The molecule has 0 aliphatic carbocycles. The molecular formula is C19H16F4N4O2. The summed E-state index contributed by atoms with van der Waals surface area (Å²) in [5.41, 5.74) is -0.549. The van der Waals surface area contributed by atoms with Gasteiger partial charge in [0, 0.05) is 6.54 Å². The van der Waals surface area contributed by atoms with Crippen LogP contribution in [0.3, 0.4) is 0 Å². The molecule has 10 heteroatoms. The highest BCUT2D eigenvalue weighted by atomic mass is 19.4. The molecule has 6 nitrogen and oxygen atoms in total. The van der Waals surface area contributed by atoms with E-state index < -0.39 is 36.1 Å². The Morgan fingerprint density at radius 2 is 1.83 bits per heavy atom. The predicted molar refractivity (Wildman–Crippen MR) is 94.8 cm³/mol. The van der Waals surface area contributed by atoms with E-state index in [1.54, 1.807) is 6.92 Å². The molecule has 0 saturated carbocycles. The maximum atomic E-state index is 13.1. The Labute approximate surface area is 162 Å². The van der Waals surface area contributed by atoms with Crippen molar-refractivity contribution in [1.82, 2.24) is 20.3 Å². The molecule has 0 aliphatic rings. The first-order valence-electron chi connectivity index (χ1n) is 8.49. The first kappa shape index (κ1) is 20.5. The first-order chi connectivity index (χ1) is 13.7. The number of nitrogens with one attached hydrogen (secondary N) is 1. The summed E-state index contributed by atoms with van der Waals surface area (Å²) >= 11 is 0. The summed E-state index contributed by atoms with van der Waals surface area (Å²) in [7, 11) is 0. The molecule has 29 heavy (non-hydrogen) atoms. The van der Waals surface area contributed by atoms with E-state index in [2.05, 4.69) is 15.6 Å². The molecule has 1 aromatic heterocycles. The van der Waals surface area contributed by atoms with E-state index >= 15 is 0 Å². The van der Waals surface area contributed by atoms with Gasteiger partial charge < -0.3 is 10.4 Å². The number of carbonyl (C=O) groups is 1. The van der Waals surface area contributed by atoms with Crippen LogP contribution >= 0.6 is 0 Å². The minimum absolute atomic E-state index is 0.0642. The van der Waals surface area contributed by atoms with Gasteiger partial charge in [0.05, 0.1) is 23.0 Å². The van der Waals surface area contributed by atoms with Crippen LogP contribution in [0.5, 0.6) is 0 Å². The van der Waals surface area contributed by atoms with Gasteiger partial charge in [0.2, 0.25) is 0 Å². The van der Waals surface area contributed by atoms with Gasteiger partial charge in [-0.25, -0.2) is 9.07 Å². The zero-order valence-electron chi connectivity index (χ0n) is 15.1. The zero-order chi connectivity index (χ0) is 21.2. The molecule has 0 aliphatic heterocycles. The third-order valence-electron chi connectivity index (χ3n) is 4.26. The highest BCUT2D eigenvalue weighted by Crippen LogP contribution is 2.34. The van der Waals surface area contributed by atoms with E-state index in [9.17, 15) is 27.5 Å². The maximum Gasteiger partial charge on any atom is 0.416 e. The molecular weight excluding hydrogens is 392 g/mol. The van der Waals surface area contributed by atoms with Crippen molar-refractivity contribution < 1.29 is 27.5 Å². The number of alkyl halides is 3. The fourth-order valence-electron chi connectivity index (χ4n) is 2.80. The van der Waals surface area contributed by atoms with Gasteiger partial charge in [-0.3, -0.25) is 4.79 Å². The highest BCUT2D eigenvalue weighted by Gasteiger charge is 2.34. The minimum atomic E-state index is -4.63. The van der Waals surface area contributed by atoms with Crippen molar-refractivity contribution in [3.63, 3.8) is 0 Å². The maximum absolute atomic E-state index is 13.1. The van der Waals surface area contributed by atoms with Crippen molar-refractivity contribution in [2.45, 2.75) is 19.2 Å². The van der Waals surface area contributed by atoms with Crippen molar-refractivity contribution in [2.24, 2.45) is 0 Å². The van der Waals surface area contributed by atoms with E-state index in [0.717, 1.165) is 12.1 Å². The number of nitrogens with zero attached hydrogens (tertiary/aromatic N) is 3. The fourth-order valence-corrected chi connectivity index (χ4v) is 2.80. The summed E-state index contributed by atoms with van der Waals surface area (Å²) in [6.07, 6.45) is -6.19. The Hall–Kier alpha value is -3.27. The van der Waals surface area contributed by atoms with Gasteiger partial charge in [-0.2, -0.15) is 13.2 Å². The van der Waals surface area contributed by atoms with Gasteiger partial charge in [0.15, 0.2) is 5.69 Å². The Balaban J connectivity index is 1.73. The van der Waals surface area contributed by atoms with Crippen LogP contribution in [0.2, 0.25) is 0 Å². The SMILES string of the molecule is Cc1c(C(=O)NCC(O)c2ccccc2C(F)(F)F)nnn1-c1ccc(F)cc1. The molecule has 152 valence electrons. The van der Waals surface area contributed by atoms with Crippen LogP contribution in [0, 0.1) is 12.7 Å². The fraction of sp³-hybridized carbons (Fsp3) is 0.211. The summed E-state index contributed by atoms with van der Waals surface area (Å²) in [4.78, 5) is 12.4. The molecule has 1 unspecified atom stereocenters. The Kier molecular flexibility index (Phi) is 5.64.